The van der Waals surface area contributed by atoms with Gasteiger partial charge in [-0.3, -0.25) is 4.79 Å². The number of aromatic nitrogens is 1. The number of hydrogen-bond donors (Lipinski definition) is 2. The number of fused-ring (bicyclic) bond motifs is 1. The molecule has 1 heterocycles. The van der Waals surface area contributed by atoms with E-state index in [4.69, 9.17) is 9.84 Å². The van der Waals surface area contributed by atoms with E-state index in [1.807, 2.05) is 25.1 Å². The third kappa shape index (κ3) is 3.57. The highest BCUT2D eigenvalue weighted by Gasteiger charge is 2.08. The molecule has 5 nitrogen and oxygen atoms in total. The topological polar surface area (TPSA) is 71.5 Å². The van der Waals surface area contributed by atoms with Gasteiger partial charge in [0.15, 0.2) is 5.13 Å². The Morgan fingerprint density at radius 3 is 3.11 bits per heavy atom. The SMILES string of the molecule is CCOc1cccc2sc(NCCCC(=O)O)nc12. The third-order valence-corrected chi connectivity index (χ3v) is 3.50. The normalized spacial score (nSPS) is 10.6. The van der Waals surface area contributed by atoms with E-state index in [-0.39, 0.29) is 6.42 Å². The highest BCUT2D eigenvalue weighted by molar-refractivity contribution is 7.22. The Bertz CT molecular complexity index is 568. The molecule has 19 heavy (non-hydrogen) atoms. The predicted octanol–water partition coefficient (Wildman–Crippen LogP) is 2.97. The number of carboxylic acids is 1. The molecule has 0 radical (unpaired) electrons. The van der Waals surface area contributed by atoms with Gasteiger partial charge in [-0.25, -0.2) is 4.98 Å². The first kappa shape index (κ1) is 13.6. The maximum Gasteiger partial charge on any atom is 0.303 e. The summed E-state index contributed by atoms with van der Waals surface area (Å²) in [6, 6.07) is 5.84. The summed E-state index contributed by atoms with van der Waals surface area (Å²) in [5.41, 5.74) is 0.857. The van der Waals surface area contributed by atoms with E-state index in [1.165, 1.54) is 0 Å². The van der Waals surface area contributed by atoms with Gasteiger partial charge in [0.1, 0.15) is 11.3 Å². The Kier molecular flexibility index (Phi) is 4.57. The van der Waals surface area contributed by atoms with Crippen LogP contribution in [-0.2, 0) is 4.79 Å². The van der Waals surface area contributed by atoms with Crippen LogP contribution in [0.1, 0.15) is 19.8 Å². The molecule has 2 rings (SSSR count). The van der Waals surface area contributed by atoms with Crippen molar-refractivity contribution in [2.75, 3.05) is 18.5 Å². The summed E-state index contributed by atoms with van der Waals surface area (Å²) in [6.07, 6.45) is 0.756. The summed E-state index contributed by atoms with van der Waals surface area (Å²) in [4.78, 5) is 14.9. The molecule has 0 aliphatic heterocycles. The lowest BCUT2D eigenvalue weighted by molar-refractivity contribution is -0.137. The fourth-order valence-electron chi connectivity index (χ4n) is 1.71. The Hall–Kier alpha value is -1.82. The summed E-state index contributed by atoms with van der Waals surface area (Å²) in [7, 11) is 0. The number of ether oxygens (including phenoxy) is 1. The summed E-state index contributed by atoms with van der Waals surface area (Å²) in [5, 5.41) is 12.5. The third-order valence-electron chi connectivity index (χ3n) is 2.53. The second-order valence-corrected chi connectivity index (χ2v) is 5.01. The first-order chi connectivity index (χ1) is 9.20. The Labute approximate surface area is 115 Å². The number of rotatable bonds is 7. The lowest BCUT2D eigenvalue weighted by Gasteiger charge is -2.02. The van der Waals surface area contributed by atoms with Gasteiger partial charge >= 0.3 is 5.97 Å². The van der Waals surface area contributed by atoms with Crippen molar-refractivity contribution in [3.05, 3.63) is 18.2 Å². The van der Waals surface area contributed by atoms with E-state index in [2.05, 4.69) is 10.3 Å². The highest BCUT2D eigenvalue weighted by atomic mass is 32.1. The number of nitrogens with one attached hydrogen (secondary N) is 1. The molecule has 1 aromatic carbocycles. The van der Waals surface area contributed by atoms with E-state index < -0.39 is 5.97 Å². The number of nitrogens with zero attached hydrogens (tertiary/aromatic N) is 1. The average Bonchev–Trinajstić information content (AvgIpc) is 2.79. The summed E-state index contributed by atoms with van der Waals surface area (Å²) in [5.74, 6) is 0.0135. The molecule has 2 aromatic rings. The first-order valence-corrected chi connectivity index (χ1v) is 7.00. The van der Waals surface area contributed by atoms with E-state index in [0.29, 0.717) is 19.6 Å². The van der Waals surface area contributed by atoms with Gasteiger partial charge in [0.2, 0.25) is 0 Å². The lowest BCUT2D eigenvalue weighted by atomic mass is 10.3. The zero-order valence-electron chi connectivity index (χ0n) is 10.7. The quantitative estimate of drug-likeness (QED) is 0.763. The maximum absolute atomic E-state index is 10.4. The number of aliphatic carboxylic acids is 1. The molecular formula is C13H16N2O3S. The zero-order chi connectivity index (χ0) is 13.7. The Morgan fingerprint density at radius 1 is 1.53 bits per heavy atom. The van der Waals surface area contributed by atoms with Gasteiger partial charge in [-0.15, -0.1) is 0 Å². The van der Waals surface area contributed by atoms with Gasteiger partial charge < -0.3 is 15.2 Å². The van der Waals surface area contributed by atoms with Crippen LogP contribution in [0.4, 0.5) is 5.13 Å². The number of anilines is 1. The first-order valence-electron chi connectivity index (χ1n) is 6.18. The molecular weight excluding hydrogens is 264 g/mol. The molecule has 0 bridgehead atoms. The molecule has 2 N–H and O–H groups in total. The average molecular weight is 280 g/mol. The molecule has 0 spiro atoms. The Balaban J connectivity index is 2.04. The van der Waals surface area contributed by atoms with Gasteiger partial charge in [0.25, 0.3) is 0 Å². The van der Waals surface area contributed by atoms with Crippen LogP contribution in [0.15, 0.2) is 18.2 Å². The number of carboxylic acid groups (broad SMARTS) is 1. The van der Waals surface area contributed by atoms with Crippen LogP contribution < -0.4 is 10.1 Å². The molecule has 0 unspecified atom stereocenters. The van der Waals surface area contributed by atoms with E-state index in [0.717, 1.165) is 21.1 Å². The fraction of sp³-hybridized carbons (Fsp3) is 0.385. The second kappa shape index (κ2) is 6.38. The molecule has 0 saturated heterocycles. The van der Waals surface area contributed by atoms with Crippen molar-refractivity contribution in [1.29, 1.82) is 0 Å². The van der Waals surface area contributed by atoms with Crippen molar-refractivity contribution >= 4 is 32.7 Å². The minimum atomic E-state index is -0.773. The van der Waals surface area contributed by atoms with Gasteiger partial charge in [0, 0.05) is 13.0 Å². The highest BCUT2D eigenvalue weighted by Crippen LogP contribution is 2.32. The second-order valence-electron chi connectivity index (χ2n) is 3.98. The van der Waals surface area contributed by atoms with Crippen LogP contribution in [-0.4, -0.2) is 29.2 Å². The standard InChI is InChI=1S/C13H16N2O3S/c1-2-18-9-5-3-6-10-12(9)15-13(19-10)14-8-4-7-11(16)17/h3,5-6H,2,4,7-8H2,1H3,(H,14,15)(H,16,17). The summed E-state index contributed by atoms with van der Waals surface area (Å²) >= 11 is 1.55. The minimum Gasteiger partial charge on any atom is -0.492 e. The molecule has 0 aliphatic rings. The van der Waals surface area contributed by atoms with Crippen molar-refractivity contribution in [2.45, 2.75) is 19.8 Å². The smallest absolute Gasteiger partial charge is 0.303 e. The zero-order valence-corrected chi connectivity index (χ0v) is 11.5. The summed E-state index contributed by atoms with van der Waals surface area (Å²) < 4.78 is 6.59. The van der Waals surface area contributed by atoms with Gasteiger partial charge in [-0.2, -0.15) is 0 Å². The molecule has 6 heteroatoms. The summed E-state index contributed by atoms with van der Waals surface area (Å²) in [6.45, 7) is 3.16. The fourth-order valence-corrected chi connectivity index (χ4v) is 2.61. The minimum absolute atomic E-state index is 0.169. The van der Waals surface area contributed by atoms with E-state index in [1.54, 1.807) is 11.3 Å². The monoisotopic (exact) mass is 280 g/mol. The van der Waals surface area contributed by atoms with Crippen LogP contribution in [0.25, 0.3) is 10.2 Å². The largest absolute Gasteiger partial charge is 0.492 e. The van der Waals surface area contributed by atoms with Crippen molar-refractivity contribution in [2.24, 2.45) is 0 Å². The number of thiazole rings is 1. The number of benzene rings is 1. The lowest BCUT2D eigenvalue weighted by Crippen LogP contribution is -2.04. The molecule has 0 amide bonds. The molecule has 0 aliphatic carbocycles. The van der Waals surface area contributed by atoms with E-state index in [9.17, 15) is 4.79 Å². The Morgan fingerprint density at radius 2 is 2.37 bits per heavy atom. The van der Waals surface area contributed by atoms with Gasteiger partial charge in [0.05, 0.1) is 11.3 Å². The molecule has 1 aromatic heterocycles. The van der Waals surface area contributed by atoms with Crippen molar-refractivity contribution in [1.82, 2.24) is 4.98 Å². The van der Waals surface area contributed by atoms with Crippen LogP contribution in [0.3, 0.4) is 0 Å². The van der Waals surface area contributed by atoms with Gasteiger partial charge in [-0.05, 0) is 25.5 Å². The van der Waals surface area contributed by atoms with Crippen LogP contribution in [0, 0.1) is 0 Å². The maximum atomic E-state index is 10.4. The van der Waals surface area contributed by atoms with Gasteiger partial charge in [-0.1, -0.05) is 17.4 Å². The number of hydrogen-bond acceptors (Lipinski definition) is 5. The van der Waals surface area contributed by atoms with Crippen LogP contribution in [0.2, 0.25) is 0 Å². The van der Waals surface area contributed by atoms with Crippen molar-refractivity contribution in [3.8, 4) is 5.75 Å². The van der Waals surface area contributed by atoms with Crippen LogP contribution in [0.5, 0.6) is 5.75 Å². The molecule has 0 fully saturated rings. The van der Waals surface area contributed by atoms with Crippen molar-refractivity contribution < 1.29 is 14.6 Å². The number of carbonyl (C=O) groups is 1. The number of para-hydroxylation sites is 1. The van der Waals surface area contributed by atoms with E-state index >= 15 is 0 Å². The van der Waals surface area contributed by atoms with Crippen molar-refractivity contribution in [3.63, 3.8) is 0 Å². The molecule has 102 valence electrons. The molecule has 0 saturated carbocycles. The molecule has 0 atom stereocenters. The van der Waals surface area contributed by atoms with Crippen LogP contribution >= 0.6 is 11.3 Å². The predicted molar refractivity (Wildman–Crippen MR) is 76.1 cm³/mol.